The minimum Gasteiger partial charge on any atom is -0.488 e. The van der Waals surface area contributed by atoms with E-state index in [0.29, 0.717) is 20.8 Å². The molecule has 9 heteroatoms. The zero-order valence-electron chi connectivity index (χ0n) is 15.4. The largest absolute Gasteiger partial charge is 0.488 e. The number of nitro benzene ring substituents is 1. The number of nitro groups is 1. The molecular weight excluding hydrogens is 474 g/mol. The number of benzene rings is 3. The van der Waals surface area contributed by atoms with E-state index in [-0.39, 0.29) is 18.2 Å². The van der Waals surface area contributed by atoms with E-state index in [4.69, 9.17) is 16.3 Å². The number of ether oxygens (including phenoxy) is 1. The number of hydrazone groups is 1. The lowest BCUT2D eigenvalue weighted by Crippen LogP contribution is -2.17. The van der Waals surface area contributed by atoms with Crippen molar-refractivity contribution in [3.63, 3.8) is 0 Å². The van der Waals surface area contributed by atoms with Crippen molar-refractivity contribution >= 4 is 45.3 Å². The van der Waals surface area contributed by atoms with Crippen molar-refractivity contribution in [3.8, 4) is 5.75 Å². The average Bonchev–Trinajstić information content (AvgIpc) is 2.74. The molecule has 0 atom stereocenters. The lowest BCUT2D eigenvalue weighted by molar-refractivity contribution is -0.384. The number of hydrogen-bond donors (Lipinski definition) is 1. The van der Waals surface area contributed by atoms with Gasteiger partial charge in [-0.15, -0.1) is 0 Å². The Kier molecular flexibility index (Phi) is 7.16. The molecule has 0 radical (unpaired) electrons. The van der Waals surface area contributed by atoms with Gasteiger partial charge in [0.1, 0.15) is 12.4 Å². The number of rotatable bonds is 7. The van der Waals surface area contributed by atoms with Crippen LogP contribution >= 0.6 is 27.5 Å². The molecule has 0 spiro atoms. The highest BCUT2D eigenvalue weighted by Crippen LogP contribution is 2.26. The monoisotopic (exact) mass is 487 g/mol. The third kappa shape index (κ3) is 5.88. The summed E-state index contributed by atoms with van der Waals surface area (Å²) in [6.07, 6.45) is 1.51. The molecule has 30 heavy (non-hydrogen) atoms. The van der Waals surface area contributed by atoms with E-state index in [1.807, 2.05) is 0 Å². The van der Waals surface area contributed by atoms with Crippen molar-refractivity contribution in [2.75, 3.05) is 0 Å². The van der Waals surface area contributed by atoms with Gasteiger partial charge in [-0.25, -0.2) is 5.43 Å². The maximum absolute atomic E-state index is 12.0. The molecule has 7 nitrogen and oxygen atoms in total. The average molecular weight is 489 g/mol. The van der Waals surface area contributed by atoms with Crippen LogP contribution in [0.3, 0.4) is 0 Å². The van der Waals surface area contributed by atoms with Gasteiger partial charge in [-0.1, -0.05) is 11.6 Å². The van der Waals surface area contributed by atoms with E-state index in [2.05, 4.69) is 26.5 Å². The summed E-state index contributed by atoms with van der Waals surface area (Å²) in [5, 5.41) is 15.2. The van der Waals surface area contributed by atoms with Crippen LogP contribution < -0.4 is 10.2 Å². The number of carbonyl (C=O) groups excluding carboxylic acids is 1. The molecule has 3 aromatic carbocycles. The molecule has 3 aromatic rings. The number of hydrogen-bond acceptors (Lipinski definition) is 5. The predicted molar refractivity (Wildman–Crippen MR) is 118 cm³/mol. The fraction of sp³-hybridized carbons (Fsp3) is 0.0476. The Morgan fingerprint density at radius 1 is 1.13 bits per heavy atom. The number of halogens is 2. The number of nitrogens with zero attached hydrogens (tertiary/aromatic N) is 2. The minimum atomic E-state index is -0.445. The van der Waals surface area contributed by atoms with Gasteiger partial charge in [0.2, 0.25) is 0 Å². The van der Waals surface area contributed by atoms with Gasteiger partial charge in [-0.3, -0.25) is 14.9 Å². The first-order chi connectivity index (χ1) is 14.4. The first kappa shape index (κ1) is 21.5. The van der Waals surface area contributed by atoms with E-state index in [1.54, 1.807) is 54.6 Å². The molecule has 152 valence electrons. The van der Waals surface area contributed by atoms with Crippen molar-refractivity contribution < 1.29 is 14.5 Å². The summed E-state index contributed by atoms with van der Waals surface area (Å²) in [6.45, 7) is 0.265. The zero-order chi connectivity index (χ0) is 21.5. The summed E-state index contributed by atoms with van der Waals surface area (Å²) >= 11 is 9.24. The molecule has 0 aliphatic heterocycles. The van der Waals surface area contributed by atoms with E-state index in [9.17, 15) is 14.9 Å². The van der Waals surface area contributed by atoms with Crippen LogP contribution in [0.5, 0.6) is 5.75 Å². The van der Waals surface area contributed by atoms with Crippen LogP contribution in [-0.2, 0) is 6.61 Å². The van der Waals surface area contributed by atoms with E-state index >= 15 is 0 Å². The maximum Gasteiger partial charge on any atom is 0.271 e. The van der Waals surface area contributed by atoms with Crippen LogP contribution in [0.1, 0.15) is 21.5 Å². The van der Waals surface area contributed by atoms with Crippen LogP contribution in [0.15, 0.2) is 76.3 Å². The highest BCUT2D eigenvalue weighted by molar-refractivity contribution is 9.10. The molecule has 0 saturated carbocycles. The second-order valence-corrected chi connectivity index (χ2v) is 7.40. The molecule has 0 unspecified atom stereocenters. The summed E-state index contributed by atoms with van der Waals surface area (Å²) in [5.74, 6) is 0.265. The first-order valence-electron chi connectivity index (χ1n) is 8.67. The lowest BCUT2D eigenvalue weighted by Gasteiger charge is -2.09. The molecular formula is C21H15BrClN3O4. The summed E-state index contributed by atoms with van der Waals surface area (Å²) in [7, 11) is 0. The second-order valence-electron chi connectivity index (χ2n) is 6.11. The van der Waals surface area contributed by atoms with Gasteiger partial charge < -0.3 is 4.74 Å². The summed E-state index contributed by atoms with van der Waals surface area (Å²) in [4.78, 5) is 22.3. The van der Waals surface area contributed by atoms with Crippen molar-refractivity contribution in [1.29, 1.82) is 0 Å². The highest BCUT2D eigenvalue weighted by atomic mass is 79.9. The number of non-ortho nitro benzene ring substituents is 1. The minimum absolute atomic E-state index is 0.0340. The Balaban J connectivity index is 1.56. The number of carbonyl (C=O) groups is 1. The van der Waals surface area contributed by atoms with Crippen LogP contribution in [0.2, 0.25) is 5.02 Å². The quantitative estimate of drug-likeness (QED) is 0.275. The smallest absolute Gasteiger partial charge is 0.271 e. The van der Waals surface area contributed by atoms with E-state index in [0.717, 1.165) is 11.1 Å². The summed E-state index contributed by atoms with van der Waals surface area (Å²) in [5.41, 5.74) is 4.50. The normalized spacial score (nSPS) is 10.7. The first-order valence-corrected chi connectivity index (χ1v) is 9.84. The Bertz CT molecular complexity index is 1090. The fourth-order valence-electron chi connectivity index (χ4n) is 2.42. The highest BCUT2D eigenvalue weighted by Gasteiger charge is 2.07. The Labute approximate surface area is 185 Å². The fourth-order valence-corrected chi connectivity index (χ4v) is 3.06. The van der Waals surface area contributed by atoms with Gasteiger partial charge in [0.25, 0.3) is 11.6 Å². The Morgan fingerprint density at radius 3 is 2.47 bits per heavy atom. The van der Waals surface area contributed by atoms with E-state index < -0.39 is 4.92 Å². The molecule has 0 saturated heterocycles. The second kappa shape index (κ2) is 10.00. The third-order valence-electron chi connectivity index (χ3n) is 3.98. The molecule has 0 fully saturated rings. The lowest BCUT2D eigenvalue weighted by atomic mass is 10.2. The Hall–Kier alpha value is -3.23. The number of amides is 1. The summed E-state index contributed by atoms with van der Waals surface area (Å²) < 4.78 is 6.45. The topological polar surface area (TPSA) is 93.8 Å². The predicted octanol–water partition coefficient (Wildman–Crippen LogP) is 5.35. The van der Waals surface area contributed by atoms with Crippen molar-refractivity contribution in [1.82, 2.24) is 5.43 Å². The van der Waals surface area contributed by atoms with Crippen molar-refractivity contribution in [3.05, 3.63) is 103 Å². The molecule has 1 N–H and O–H groups in total. The van der Waals surface area contributed by atoms with Crippen molar-refractivity contribution in [2.45, 2.75) is 6.61 Å². The molecule has 1 amide bonds. The van der Waals surface area contributed by atoms with Crippen LogP contribution in [-0.4, -0.2) is 17.0 Å². The molecule has 0 aromatic heterocycles. The van der Waals surface area contributed by atoms with Gasteiger partial charge in [0, 0.05) is 22.7 Å². The molecule has 3 rings (SSSR count). The van der Waals surface area contributed by atoms with Gasteiger partial charge in [-0.05, 0) is 81.7 Å². The van der Waals surface area contributed by atoms with Crippen molar-refractivity contribution in [2.24, 2.45) is 5.10 Å². The van der Waals surface area contributed by atoms with Crippen LogP contribution in [0.25, 0.3) is 0 Å². The van der Waals surface area contributed by atoms with Gasteiger partial charge in [-0.2, -0.15) is 5.10 Å². The maximum atomic E-state index is 12.0. The third-order valence-corrected chi connectivity index (χ3v) is 4.86. The van der Waals surface area contributed by atoms with Gasteiger partial charge in [0.05, 0.1) is 15.6 Å². The van der Waals surface area contributed by atoms with Crippen LogP contribution in [0.4, 0.5) is 5.69 Å². The van der Waals surface area contributed by atoms with Crippen LogP contribution in [0, 0.1) is 10.1 Å². The zero-order valence-corrected chi connectivity index (χ0v) is 17.8. The molecule has 0 bridgehead atoms. The molecule has 0 aliphatic rings. The van der Waals surface area contributed by atoms with E-state index in [1.165, 1.54) is 18.3 Å². The number of nitrogens with one attached hydrogen (secondary N) is 1. The SMILES string of the molecule is O=C(N/N=C\c1ccc(OCc2ccc([N+](=O)[O-])cc2)c(Br)c1)c1ccc(Cl)cc1. The van der Waals surface area contributed by atoms with Gasteiger partial charge in [0.15, 0.2) is 0 Å². The van der Waals surface area contributed by atoms with Gasteiger partial charge >= 0.3 is 0 Å². The Morgan fingerprint density at radius 2 is 1.83 bits per heavy atom. The summed E-state index contributed by atoms with van der Waals surface area (Å²) in [6, 6.07) is 18.0. The standard InChI is InChI=1S/C21H15BrClN3O4/c22-19-11-15(12-24-25-21(27)16-4-6-17(23)7-5-16)3-10-20(19)30-13-14-1-8-18(9-2-14)26(28)29/h1-12H,13H2,(H,25,27)/b24-12-. The molecule has 0 heterocycles. The molecule has 0 aliphatic carbocycles.